The topological polar surface area (TPSA) is 102 Å². The van der Waals surface area contributed by atoms with Crippen molar-refractivity contribution >= 4 is 23.8 Å². The number of nitro benzene ring substituents is 1. The van der Waals surface area contributed by atoms with E-state index in [0.717, 1.165) is 12.1 Å². The summed E-state index contributed by atoms with van der Waals surface area (Å²) in [5.41, 5.74) is -1.12. The van der Waals surface area contributed by atoms with Crippen molar-refractivity contribution in [3.8, 4) is 0 Å². The number of hydrogen-bond acceptors (Lipinski definition) is 6. The minimum absolute atomic E-state index is 0.126. The third kappa shape index (κ3) is 4.90. The number of aldehydes is 1. The van der Waals surface area contributed by atoms with E-state index in [1.165, 1.54) is 0 Å². The zero-order chi connectivity index (χ0) is 19.5. The van der Waals surface area contributed by atoms with Gasteiger partial charge >= 0.3 is 6.09 Å². The van der Waals surface area contributed by atoms with E-state index in [-0.39, 0.29) is 29.3 Å². The van der Waals surface area contributed by atoms with E-state index in [4.69, 9.17) is 4.74 Å². The van der Waals surface area contributed by atoms with E-state index in [0.29, 0.717) is 25.9 Å². The number of nitro groups is 1. The Kier molecular flexibility index (Phi) is 5.79. The predicted molar refractivity (Wildman–Crippen MR) is 93.0 cm³/mol. The molecule has 1 heterocycles. The third-order valence-electron chi connectivity index (χ3n) is 3.97. The van der Waals surface area contributed by atoms with Crippen LogP contribution < -0.4 is 10.2 Å². The summed E-state index contributed by atoms with van der Waals surface area (Å²) in [5.74, 6) is -0.797. The number of halogens is 1. The summed E-state index contributed by atoms with van der Waals surface area (Å²) in [4.78, 5) is 34.9. The van der Waals surface area contributed by atoms with Gasteiger partial charge in [0.15, 0.2) is 6.29 Å². The van der Waals surface area contributed by atoms with Crippen LogP contribution in [0.25, 0.3) is 0 Å². The molecule has 2 rings (SSSR count). The normalized spacial score (nSPS) is 15.5. The average Bonchev–Trinajstić information content (AvgIpc) is 2.53. The number of hydrogen-bond donors (Lipinski definition) is 1. The second-order valence-corrected chi connectivity index (χ2v) is 7.14. The van der Waals surface area contributed by atoms with Gasteiger partial charge in [-0.25, -0.2) is 9.18 Å². The highest BCUT2D eigenvalue weighted by atomic mass is 19.1. The standard InChI is InChI=1S/C17H22FN3O5/c1-17(2,3)26-16(23)19-12-4-6-20(7-5-12)14-9-13(18)11(10-22)8-15(14)21(24)25/h8-10,12H,4-7H2,1-3H3,(H,19,23). The van der Waals surface area contributed by atoms with Gasteiger partial charge in [-0.05, 0) is 33.6 Å². The molecule has 0 radical (unpaired) electrons. The van der Waals surface area contributed by atoms with Gasteiger partial charge in [-0.1, -0.05) is 0 Å². The number of alkyl carbamates (subject to hydrolysis) is 1. The number of rotatable bonds is 4. The van der Waals surface area contributed by atoms with Gasteiger partial charge in [0.05, 0.1) is 10.5 Å². The Labute approximate surface area is 150 Å². The Morgan fingerprint density at radius 2 is 2.00 bits per heavy atom. The second kappa shape index (κ2) is 7.67. The number of ether oxygens (including phenoxy) is 1. The van der Waals surface area contributed by atoms with Crippen molar-refractivity contribution in [2.45, 2.75) is 45.3 Å². The monoisotopic (exact) mass is 367 g/mol. The van der Waals surface area contributed by atoms with E-state index in [1.54, 1.807) is 25.7 Å². The highest BCUT2D eigenvalue weighted by Crippen LogP contribution is 2.32. The molecule has 0 unspecified atom stereocenters. The van der Waals surface area contributed by atoms with Crippen molar-refractivity contribution in [1.29, 1.82) is 0 Å². The number of carbonyl (C=O) groups excluding carboxylic acids is 2. The number of nitrogens with zero attached hydrogens (tertiary/aromatic N) is 2. The molecule has 0 aliphatic carbocycles. The molecule has 26 heavy (non-hydrogen) atoms. The highest BCUT2D eigenvalue weighted by Gasteiger charge is 2.28. The van der Waals surface area contributed by atoms with Crippen LogP contribution >= 0.6 is 0 Å². The molecule has 1 saturated heterocycles. The van der Waals surface area contributed by atoms with Gasteiger partial charge in [0.1, 0.15) is 17.1 Å². The summed E-state index contributed by atoms with van der Waals surface area (Å²) in [5, 5.41) is 14.0. The van der Waals surface area contributed by atoms with Gasteiger partial charge in [-0.2, -0.15) is 0 Å². The lowest BCUT2D eigenvalue weighted by Gasteiger charge is -2.34. The maximum Gasteiger partial charge on any atom is 0.407 e. The largest absolute Gasteiger partial charge is 0.444 e. The first-order valence-electron chi connectivity index (χ1n) is 8.28. The quantitative estimate of drug-likeness (QED) is 0.499. The SMILES string of the molecule is CC(C)(C)OC(=O)NC1CCN(c2cc(F)c(C=O)cc2[N+](=O)[O-])CC1. The molecule has 1 aliphatic heterocycles. The fourth-order valence-electron chi connectivity index (χ4n) is 2.80. The molecule has 0 saturated carbocycles. The minimum atomic E-state index is -0.797. The summed E-state index contributed by atoms with van der Waals surface area (Å²) in [6.07, 6.45) is 0.813. The molecule has 0 bridgehead atoms. The smallest absolute Gasteiger partial charge is 0.407 e. The lowest BCUT2D eigenvalue weighted by molar-refractivity contribution is -0.384. The number of amides is 1. The van der Waals surface area contributed by atoms with Gasteiger partial charge in [-0.15, -0.1) is 0 Å². The maximum atomic E-state index is 13.9. The Hall–Kier alpha value is -2.71. The van der Waals surface area contributed by atoms with Gasteiger partial charge < -0.3 is 15.0 Å². The molecule has 1 aliphatic rings. The molecule has 1 aromatic rings. The Morgan fingerprint density at radius 1 is 1.38 bits per heavy atom. The predicted octanol–water partition coefficient (Wildman–Crippen LogP) is 3.04. The first-order valence-corrected chi connectivity index (χ1v) is 8.28. The maximum absolute atomic E-state index is 13.9. The van der Waals surface area contributed by atoms with Crippen molar-refractivity contribution in [3.05, 3.63) is 33.6 Å². The van der Waals surface area contributed by atoms with Crippen molar-refractivity contribution in [2.75, 3.05) is 18.0 Å². The number of carbonyl (C=O) groups is 2. The highest BCUT2D eigenvalue weighted by molar-refractivity contribution is 5.80. The van der Waals surface area contributed by atoms with Crippen LogP contribution in [0.1, 0.15) is 44.0 Å². The van der Waals surface area contributed by atoms with E-state index in [1.807, 2.05) is 0 Å². The summed E-state index contributed by atoms with van der Waals surface area (Å²) in [7, 11) is 0. The van der Waals surface area contributed by atoms with E-state index in [2.05, 4.69) is 5.32 Å². The van der Waals surface area contributed by atoms with Gasteiger partial charge in [0.2, 0.25) is 0 Å². The van der Waals surface area contributed by atoms with E-state index >= 15 is 0 Å². The molecule has 1 N–H and O–H groups in total. The van der Waals surface area contributed by atoms with Crippen LogP contribution in [0.5, 0.6) is 0 Å². The van der Waals surface area contributed by atoms with Crippen LogP contribution in [0.4, 0.5) is 20.6 Å². The fraction of sp³-hybridized carbons (Fsp3) is 0.529. The number of anilines is 1. The average molecular weight is 367 g/mol. The van der Waals surface area contributed by atoms with Crippen LogP contribution in [0.2, 0.25) is 0 Å². The van der Waals surface area contributed by atoms with Crippen LogP contribution in [-0.4, -0.2) is 42.0 Å². The van der Waals surface area contributed by atoms with Crippen LogP contribution in [0.3, 0.4) is 0 Å². The van der Waals surface area contributed by atoms with Gasteiger partial charge in [0.25, 0.3) is 5.69 Å². The molecule has 142 valence electrons. The molecule has 1 fully saturated rings. The zero-order valence-corrected chi connectivity index (χ0v) is 15.0. The molecular formula is C17H22FN3O5. The van der Waals surface area contributed by atoms with E-state index < -0.39 is 22.4 Å². The lowest BCUT2D eigenvalue weighted by atomic mass is 10.0. The second-order valence-electron chi connectivity index (χ2n) is 7.14. The summed E-state index contributed by atoms with van der Waals surface area (Å²) in [6.45, 7) is 6.12. The molecule has 0 atom stereocenters. The first kappa shape index (κ1) is 19.6. The van der Waals surface area contributed by atoms with Crippen LogP contribution in [-0.2, 0) is 4.74 Å². The van der Waals surface area contributed by atoms with Crippen molar-refractivity contribution in [1.82, 2.24) is 5.32 Å². The van der Waals surface area contributed by atoms with Crippen LogP contribution in [0.15, 0.2) is 12.1 Å². The minimum Gasteiger partial charge on any atom is -0.444 e. The Bertz CT molecular complexity index is 709. The third-order valence-corrected chi connectivity index (χ3v) is 3.97. The number of nitrogens with one attached hydrogen (secondary N) is 1. The number of piperidine rings is 1. The Morgan fingerprint density at radius 3 is 2.50 bits per heavy atom. The first-order chi connectivity index (χ1) is 12.1. The fourth-order valence-corrected chi connectivity index (χ4v) is 2.80. The van der Waals surface area contributed by atoms with Crippen molar-refractivity contribution < 1.29 is 23.6 Å². The number of benzene rings is 1. The molecule has 9 heteroatoms. The van der Waals surface area contributed by atoms with Crippen molar-refractivity contribution in [3.63, 3.8) is 0 Å². The zero-order valence-electron chi connectivity index (χ0n) is 15.0. The molecule has 1 amide bonds. The van der Waals surface area contributed by atoms with Crippen molar-refractivity contribution in [2.24, 2.45) is 0 Å². The summed E-state index contributed by atoms with van der Waals surface area (Å²) in [6, 6.07) is 1.84. The Balaban J connectivity index is 2.06. The van der Waals surface area contributed by atoms with Gasteiger partial charge in [-0.3, -0.25) is 14.9 Å². The molecule has 0 aromatic heterocycles. The lowest BCUT2D eigenvalue weighted by Crippen LogP contribution is -2.46. The molecule has 8 nitrogen and oxygen atoms in total. The van der Waals surface area contributed by atoms with E-state index in [9.17, 15) is 24.1 Å². The summed E-state index contributed by atoms with van der Waals surface area (Å²) < 4.78 is 19.1. The summed E-state index contributed by atoms with van der Waals surface area (Å²) >= 11 is 0. The molecule has 1 aromatic carbocycles. The van der Waals surface area contributed by atoms with Crippen LogP contribution in [0, 0.1) is 15.9 Å². The molecule has 0 spiro atoms. The molecular weight excluding hydrogens is 345 g/mol. The van der Waals surface area contributed by atoms with Gasteiger partial charge in [0, 0.05) is 31.3 Å².